The van der Waals surface area contributed by atoms with Gasteiger partial charge in [0.05, 0.1) is 24.8 Å². The molecular formula is C12H24N2O3. The van der Waals surface area contributed by atoms with E-state index in [9.17, 15) is 9.90 Å². The van der Waals surface area contributed by atoms with Crippen LogP contribution in [0.1, 0.15) is 26.7 Å². The molecular weight excluding hydrogens is 220 g/mol. The van der Waals surface area contributed by atoms with Crippen molar-refractivity contribution in [2.75, 3.05) is 20.3 Å². The summed E-state index contributed by atoms with van der Waals surface area (Å²) in [7, 11) is 1.65. The second-order valence-electron chi connectivity index (χ2n) is 5.07. The fourth-order valence-corrected chi connectivity index (χ4v) is 2.13. The molecule has 100 valence electrons. The predicted octanol–water partition coefficient (Wildman–Crippen LogP) is -0.113. The summed E-state index contributed by atoms with van der Waals surface area (Å²) in [5, 5.41) is 15.2. The van der Waals surface area contributed by atoms with Gasteiger partial charge < -0.3 is 20.5 Å². The summed E-state index contributed by atoms with van der Waals surface area (Å²) in [6.45, 7) is 4.85. The maximum absolute atomic E-state index is 11.9. The first kappa shape index (κ1) is 14.4. The SMILES string of the molecule is COC1CNC(C(=O)NC(CO)CC(C)C)C1. The summed E-state index contributed by atoms with van der Waals surface area (Å²) in [6, 6.07) is -0.341. The van der Waals surface area contributed by atoms with E-state index in [-0.39, 0.29) is 30.7 Å². The first-order valence-corrected chi connectivity index (χ1v) is 6.24. The topological polar surface area (TPSA) is 70.6 Å². The zero-order valence-electron chi connectivity index (χ0n) is 10.9. The molecule has 5 heteroatoms. The number of aliphatic hydroxyl groups excluding tert-OH is 1. The maximum atomic E-state index is 11.9. The zero-order chi connectivity index (χ0) is 12.8. The third-order valence-corrected chi connectivity index (χ3v) is 3.06. The first-order valence-electron chi connectivity index (χ1n) is 6.24. The molecule has 1 fully saturated rings. The number of ether oxygens (including phenoxy) is 1. The van der Waals surface area contributed by atoms with Crippen LogP contribution in [0.5, 0.6) is 0 Å². The predicted molar refractivity (Wildman–Crippen MR) is 65.7 cm³/mol. The molecule has 3 unspecified atom stereocenters. The molecule has 5 nitrogen and oxygen atoms in total. The molecule has 3 N–H and O–H groups in total. The Morgan fingerprint density at radius 1 is 1.59 bits per heavy atom. The van der Waals surface area contributed by atoms with Gasteiger partial charge in [0, 0.05) is 13.7 Å². The highest BCUT2D eigenvalue weighted by molar-refractivity contribution is 5.82. The Kier molecular flexibility index (Phi) is 5.88. The van der Waals surface area contributed by atoms with Gasteiger partial charge in [0.1, 0.15) is 0 Å². The number of hydrogen-bond acceptors (Lipinski definition) is 4. The van der Waals surface area contributed by atoms with Crippen molar-refractivity contribution in [3.8, 4) is 0 Å². The van der Waals surface area contributed by atoms with E-state index >= 15 is 0 Å². The lowest BCUT2D eigenvalue weighted by Crippen LogP contribution is -2.46. The normalized spacial score (nSPS) is 26.2. The Bertz CT molecular complexity index is 246. The Labute approximate surface area is 103 Å². The molecule has 17 heavy (non-hydrogen) atoms. The zero-order valence-corrected chi connectivity index (χ0v) is 10.9. The molecule has 1 heterocycles. The molecule has 0 aliphatic carbocycles. The van der Waals surface area contributed by atoms with E-state index in [1.165, 1.54) is 0 Å². The van der Waals surface area contributed by atoms with Crippen molar-refractivity contribution in [3.05, 3.63) is 0 Å². The molecule has 0 saturated carbocycles. The number of methoxy groups -OCH3 is 1. The largest absolute Gasteiger partial charge is 0.394 e. The number of hydrogen-bond donors (Lipinski definition) is 3. The smallest absolute Gasteiger partial charge is 0.237 e. The van der Waals surface area contributed by atoms with Gasteiger partial charge in [-0.05, 0) is 18.8 Å². The van der Waals surface area contributed by atoms with Crippen LogP contribution in [0.4, 0.5) is 0 Å². The summed E-state index contributed by atoms with van der Waals surface area (Å²) < 4.78 is 5.20. The van der Waals surface area contributed by atoms with Gasteiger partial charge >= 0.3 is 0 Å². The molecule has 1 saturated heterocycles. The van der Waals surface area contributed by atoms with Crippen molar-refractivity contribution >= 4 is 5.91 Å². The van der Waals surface area contributed by atoms with Crippen molar-refractivity contribution in [1.82, 2.24) is 10.6 Å². The van der Waals surface area contributed by atoms with E-state index in [2.05, 4.69) is 24.5 Å². The van der Waals surface area contributed by atoms with Crippen LogP contribution in [0.3, 0.4) is 0 Å². The minimum atomic E-state index is -0.193. The van der Waals surface area contributed by atoms with E-state index in [0.29, 0.717) is 18.9 Å². The highest BCUT2D eigenvalue weighted by atomic mass is 16.5. The lowest BCUT2D eigenvalue weighted by molar-refractivity contribution is -0.124. The Hall–Kier alpha value is -0.650. The second-order valence-corrected chi connectivity index (χ2v) is 5.07. The summed E-state index contributed by atoms with van der Waals surface area (Å²) in [5.41, 5.74) is 0. The lowest BCUT2D eigenvalue weighted by Gasteiger charge is -2.20. The van der Waals surface area contributed by atoms with Gasteiger partial charge in [-0.15, -0.1) is 0 Å². The Morgan fingerprint density at radius 3 is 2.76 bits per heavy atom. The van der Waals surface area contributed by atoms with Crippen molar-refractivity contribution in [3.63, 3.8) is 0 Å². The van der Waals surface area contributed by atoms with Crippen molar-refractivity contribution in [2.45, 2.75) is 44.9 Å². The number of aliphatic hydroxyl groups is 1. The summed E-state index contributed by atoms with van der Waals surface area (Å²) >= 11 is 0. The molecule has 1 aliphatic heterocycles. The van der Waals surface area contributed by atoms with Crippen LogP contribution in [0, 0.1) is 5.92 Å². The number of amides is 1. The average Bonchev–Trinajstić information content (AvgIpc) is 2.75. The summed E-state index contributed by atoms with van der Waals surface area (Å²) in [6.07, 6.45) is 1.61. The fraction of sp³-hybridized carbons (Fsp3) is 0.917. The van der Waals surface area contributed by atoms with Crippen LogP contribution in [-0.2, 0) is 9.53 Å². The Balaban J connectivity index is 2.37. The van der Waals surface area contributed by atoms with Gasteiger partial charge in [-0.1, -0.05) is 13.8 Å². The van der Waals surface area contributed by atoms with E-state index < -0.39 is 0 Å². The van der Waals surface area contributed by atoms with Gasteiger partial charge in [0.2, 0.25) is 5.91 Å². The van der Waals surface area contributed by atoms with Crippen LogP contribution < -0.4 is 10.6 Å². The molecule has 1 rings (SSSR count). The van der Waals surface area contributed by atoms with Gasteiger partial charge in [-0.3, -0.25) is 4.79 Å². The highest BCUT2D eigenvalue weighted by Crippen LogP contribution is 2.11. The van der Waals surface area contributed by atoms with Crippen LogP contribution >= 0.6 is 0 Å². The van der Waals surface area contributed by atoms with Gasteiger partial charge in [-0.2, -0.15) is 0 Å². The van der Waals surface area contributed by atoms with Crippen LogP contribution in [-0.4, -0.2) is 49.5 Å². The minimum absolute atomic E-state index is 0.00958. The molecule has 0 aromatic rings. The quantitative estimate of drug-likeness (QED) is 0.609. The minimum Gasteiger partial charge on any atom is -0.394 e. The molecule has 0 spiro atoms. The fourth-order valence-electron chi connectivity index (χ4n) is 2.13. The Morgan fingerprint density at radius 2 is 2.29 bits per heavy atom. The average molecular weight is 244 g/mol. The van der Waals surface area contributed by atoms with Crippen LogP contribution in [0.25, 0.3) is 0 Å². The maximum Gasteiger partial charge on any atom is 0.237 e. The number of carbonyl (C=O) groups is 1. The third-order valence-electron chi connectivity index (χ3n) is 3.06. The van der Waals surface area contributed by atoms with E-state index in [1.54, 1.807) is 7.11 Å². The molecule has 0 bridgehead atoms. The molecule has 0 radical (unpaired) electrons. The monoisotopic (exact) mass is 244 g/mol. The van der Waals surface area contributed by atoms with E-state index in [4.69, 9.17) is 4.74 Å². The second kappa shape index (κ2) is 6.93. The number of nitrogens with one attached hydrogen (secondary N) is 2. The van der Waals surface area contributed by atoms with Crippen LogP contribution in [0.2, 0.25) is 0 Å². The molecule has 1 amide bonds. The molecule has 3 atom stereocenters. The van der Waals surface area contributed by atoms with Gasteiger partial charge in [0.15, 0.2) is 0 Å². The van der Waals surface area contributed by atoms with Crippen molar-refractivity contribution in [1.29, 1.82) is 0 Å². The first-order chi connectivity index (χ1) is 8.06. The number of carbonyl (C=O) groups excluding carboxylic acids is 1. The van der Waals surface area contributed by atoms with Crippen LogP contribution in [0.15, 0.2) is 0 Å². The summed E-state index contributed by atoms with van der Waals surface area (Å²) in [4.78, 5) is 11.9. The molecule has 1 aliphatic rings. The van der Waals surface area contributed by atoms with E-state index in [1.807, 2.05) is 0 Å². The summed E-state index contributed by atoms with van der Waals surface area (Å²) in [5.74, 6) is 0.417. The van der Waals surface area contributed by atoms with Gasteiger partial charge in [0.25, 0.3) is 0 Å². The number of rotatable bonds is 6. The third kappa shape index (κ3) is 4.61. The van der Waals surface area contributed by atoms with Crippen molar-refractivity contribution in [2.24, 2.45) is 5.92 Å². The van der Waals surface area contributed by atoms with Crippen molar-refractivity contribution < 1.29 is 14.6 Å². The molecule has 0 aromatic carbocycles. The molecule has 0 aromatic heterocycles. The van der Waals surface area contributed by atoms with Gasteiger partial charge in [-0.25, -0.2) is 0 Å². The highest BCUT2D eigenvalue weighted by Gasteiger charge is 2.30. The standard InChI is InChI=1S/C12H24N2O3/c1-8(2)4-9(7-15)14-12(16)11-5-10(17-3)6-13-11/h8-11,13,15H,4-7H2,1-3H3,(H,14,16). The van der Waals surface area contributed by atoms with E-state index in [0.717, 1.165) is 6.42 Å². The lowest BCUT2D eigenvalue weighted by atomic mass is 10.0.